The summed E-state index contributed by atoms with van der Waals surface area (Å²) < 4.78 is 0. The monoisotopic (exact) mass is 235 g/mol. The van der Waals surface area contributed by atoms with E-state index in [1.807, 2.05) is 0 Å². The van der Waals surface area contributed by atoms with Crippen LogP contribution in [-0.4, -0.2) is 32.5 Å². The molecule has 1 aliphatic carbocycles. The average molecular weight is 236 g/mol. The van der Waals surface area contributed by atoms with Crippen LogP contribution in [0.2, 0.25) is 5.28 Å². The van der Waals surface area contributed by atoms with Gasteiger partial charge < -0.3 is 9.88 Å². The van der Waals surface area contributed by atoms with E-state index in [2.05, 4.69) is 24.8 Å². The predicted molar refractivity (Wildman–Crippen MR) is 60.6 cm³/mol. The number of anilines is 1. The number of fused-ring (bicyclic) bond motifs is 2. The molecule has 3 fully saturated rings. The maximum Gasteiger partial charge on any atom is 0.226 e. The minimum absolute atomic E-state index is 0.277. The van der Waals surface area contributed by atoms with Gasteiger partial charge in [0.1, 0.15) is 5.52 Å². The first kappa shape index (κ1) is 8.75. The molecule has 16 heavy (non-hydrogen) atoms. The van der Waals surface area contributed by atoms with E-state index in [1.54, 1.807) is 6.33 Å². The van der Waals surface area contributed by atoms with Gasteiger partial charge in [-0.2, -0.15) is 9.97 Å². The standard InChI is InChI=1S/C10H10ClN5/c11-10-14-8-7(12-4-13-8)9(15-10)16-3-5-1-6(16)2-5/h4-6H,1-3H2,(H,12,13,14,15). The van der Waals surface area contributed by atoms with Gasteiger partial charge in [-0.25, -0.2) is 4.98 Å². The molecule has 2 aromatic rings. The van der Waals surface area contributed by atoms with E-state index in [9.17, 15) is 0 Å². The molecule has 1 N–H and O–H groups in total. The summed E-state index contributed by atoms with van der Waals surface area (Å²) in [5.74, 6) is 1.76. The Hall–Kier alpha value is -1.36. The van der Waals surface area contributed by atoms with Gasteiger partial charge in [0.25, 0.3) is 0 Å². The molecule has 2 aliphatic heterocycles. The number of aromatic nitrogens is 4. The molecular weight excluding hydrogens is 226 g/mol. The van der Waals surface area contributed by atoms with Gasteiger partial charge in [0.05, 0.1) is 6.33 Å². The van der Waals surface area contributed by atoms with E-state index in [4.69, 9.17) is 11.6 Å². The van der Waals surface area contributed by atoms with Gasteiger partial charge in [0.2, 0.25) is 5.28 Å². The zero-order chi connectivity index (χ0) is 10.7. The summed E-state index contributed by atoms with van der Waals surface area (Å²) in [4.78, 5) is 18.0. The zero-order valence-corrected chi connectivity index (χ0v) is 9.28. The number of aromatic amines is 1. The lowest BCUT2D eigenvalue weighted by Gasteiger charge is -2.26. The van der Waals surface area contributed by atoms with Crippen LogP contribution in [0.15, 0.2) is 6.33 Å². The summed E-state index contributed by atoms with van der Waals surface area (Å²) in [7, 11) is 0. The Kier molecular flexibility index (Phi) is 1.56. The molecule has 2 aromatic heterocycles. The first-order chi connectivity index (χ1) is 7.81. The third-order valence-corrected chi connectivity index (χ3v) is 3.79. The predicted octanol–water partition coefficient (Wildman–Crippen LogP) is 1.60. The number of nitrogens with zero attached hydrogens (tertiary/aromatic N) is 4. The number of H-pyrrole nitrogens is 1. The van der Waals surface area contributed by atoms with Gasteiger partial charge in [0, 0.05) is 12.6 Å². The Morgan fingerprint density at radius 3 is 3.00 bits per heavy atom. The van der Waals surface area contributed by atoms with Crippen LogP contribution in [0.25, 0.3) is 11.2 Å². The van der Waals surface area contributed by atoms with Crippen molar-refractivity contribution in [1.29, 1.82) is 0 Å². The Morgan fingerprint density at radius 1 is 1.38 bits per heavy atom. The quantitative estimate of drug-likeness (QED) is 0.763. The normalized spacial score (nSPS) is 27.4. The first-order valence-electron chi connectivity index (χ1n) is 5.44. The third kappa shape index (κ3) is 1.04. The largest absolute Gasteiger partial charge is 0.351 e. The van der Waals surface area contributed by atoms with Gasteiger partial charge in [0.15, 0.2) is 11.5 Å². The maximum absolute atomic E-state index is 5.92. The van der Waals surface area contributed by atoms with Crippen LogP contribution in [0.1, 0.15) is 12.8 Å². The van der Waals surface area contributed by atoms with Crippen molar-refractivity contribution in [2.75, 3.05) is 11.4 Å². The Morgan fingerprint density at radius 2 is 2.25 bits per heavy atom. The summed E-state index contributed by atoms with van der Waals surface area (Å²) in [5, 5.41) is 0.277. The molecule has 6 heteroatoms. The molecule has 0 radical (unpaired) electrons. The fourth-order valence-corrected chi connectivity index (χ4v) is 2.95. The minimum atomic E-state index is 0.277. The fraction of sp³-hybridized carbons (Fsp3) is 0.500. The van der Waals surface area contributed by atoms with Crippen LogP contribution < -0.4 is 4.90 Å². The summed E-state index contributed by atoms with van der Waals surface area (Å²) >= 11 is 5.92. The van der Waals surface area contributed by atoms with Crippen LogP contribution >= 0.6 is 11.6 Å². The third-order valence-electron chi connectivity index (χ3n) is 3.62. The summed E-state index contributed by atoms with van der Waals surface area (Å²) in [6.07, 6.45) is 4.22. The topological polar surface area (TPSA) is 57.7 Å². The van der Waals surface area contributed by atoms with Gasteiger partial charge in [-0.15, -0.1) is 0 Å². The van der Waals surface area contributed by atoms with E-state index in [0.717, 1.165) is 23.8 Å². The summed E-state index contributed by atoms with van der Waals surface area (Å²) in [6, 6.07) is 0.641. The van der Waals surface area contributed by atoms with Crippen LogP contribution in [0, 0.1) is 5.92 Å². The molecule has 0 amide bonds. The molecule has 5 nitrogen and oxygen atoms in total. The van der Waals surface area contributed by atoms with Crippen LogP contribution in [-0.2, 0) is 0 Å². The number of nitrogens with one attached hydrogen (secondary N) is 1. The second kappa shape index (κ2) is 2.85. The van der Waals surface area contributed by atoms with Crippen molar-refractivity contribution in [3.63, 3.8) is 0 Å². The van der Waals surface area contributed by atoms with Crippen molar-refractivity contribution >= 4 is 28.6 Å². The highest BCUT2D eigenvalue weighted by molar-refractivity contribution is 6.28. The van der Waals surface area contributed by atoms with E-state index in [-0.39, 0.29) is 5.28 Å². The van der Waals surface area contributed by atoms with Crippen molar-refractivity contribution < 1.29 is 0 Å². The van der Waals surface area contributed by atoms with E-state index in [1.165, 1.54) is 12.8 Å². The lowest BCUT2D eigenvalue weighted by molar-refractivity contribution is 0.380. The number of hydrogen-bond acceptors (Lipinski definition) is 4. The number of hydrogen-bond donors (Lipinski definition) is 1. The molecule has 82 valence electrons. The molecular formula is C10H10ClN5. The molecule has 0 atom stereocenters. The lowest BCUT2D eigenvalue weighted by Crippen LogP contribution is -2.29. The van der Waals surface area contributed by atoms with Crippen molar-refractivity contribution in [2.24, 2.45) is 5.92 Å². The highest BCUT2D eigenvalue weighted by Crippen LogP contribution is 2.43. The van der Waals surface area contributed by atoms with Gasteiger partial charge in [-0.05, 0) is 30.4 Å². The second-order valence-corrected chi connectivity index (χ2v) is 4.90. The van der Waals surface area contributed by atoms with E-state index < -0.39 is 0 Å². The number of halogens is 1. The van der Waals surface area contributed by atoms with Crippen LogP contribution in [0.3, 0.4) is 0 Å². The molecule has 1 saturated carbocycles. The Balaban J connectivity index is 1.92. The summed E-state index contributed by atoms with van der Waals surface area (Å²) in [6.45, 7) is 1.09. The molecule has 0 aromatic carbocycles. The molecule has 2 bridgehead atoms. The van der Waals surface area contributed by atoms with Gasteiger partial charge in [-0.1, -0.05) is 0 Å². The second-order valence-electron chi connectivity index (χ2n) is 4.56. The maximum atomic E-state index is 5.92. The highest BCUT2D eigenvalue weighted by atomic mass is 35.5. The zero-order valence-electron chi connectivity index (χ0n) is 8.52. The van der Waals surface area contributed by atoms with Crippen molar-refractivity contribution in [3.8, 4) is 0 Å². The summed E-state index contributed by atoms with van der Waals surface area (Å²) in [5.41, 5.74) is 1.55. The van der Waals surface area contributed by atoms with Crippen LogP contribution in [0.4, 0.5) is 5.82 Å². The molecule has 0 spiro atoms. The fourth-order valence-electron chi connectivity index (χ4n) is 2.79. The SMILES string of the molecule is Clc1nc(N2CC3CC2C3)c2[nH]cnc2n1. The molecule has 2 saturated heterocycles. The first-order valence-corrected chi connectivity index (χ1v) is 5.82. The smallest absolute Gasteiger partial charge is 0.226 e. The van der Waals surface area contributed by atoms with Crippen molar-refractivity contribution in [3.05, 3.63) is 11.6 Å². The Bertz CT molecular complexity index is 559. The molecule has 3 aliphatic rings. The molecule has 0 unspecified atom stereocenters. The van der Waals surface area contributed by atoms with E-state index >= 15 is 0 Å². The van der Waals surface area contributed by atoms with Crippen LogP contribution in [0.5, 0.6) is 0 Å². The Labute approximate surface area is 96.9 Å². The highest BCUT2D eigenvalue weighted by Gasteiger charge is 2.44. The van der Waals surface area contributed by atoms with E-state index in [0.29, 0.717) is 11.7 Å². The minimum Gasteiger partial charge on any atom is -0.351 e. The van der Waals surface area contributed by atoms with Gasteiger partial charge in [-0.3, -0.25) is 0 Å². The van der Waals surface area contributed by atoms with Crippen molar-refractivity contribution in [2.45, 2.75) is 18.9 Å². The number of rotatable bonds is 1. The molecule has 5 rings (SSSR count). The number of imidazole rings is 1. The van der Waals surface area contributed by atoms with Gasteiger partial charge >= 0.3 is 0 Å². The molecule has 4 heterocycles. The lowest BCUT2D eigenvalue weighted by atomic mass is 9.86. The van der Waals surface area contributed by atoms with Crippen molar-refractivity contribution in [1.82, 2.24) is 19.9 Å². The average Bonchev–Trinajstić information content (AvgIpc) is 2.87.